The van der Waals surface area contributed by atoms with Crippen molar-refractivity contribution in [3.63, 3.8) is 0 Å². The number of nitrogens with two attached hydrogens (primary N) is 1. The minimum atomic E-state index is 0.0397. The molecule has 30 heavy (non-hydrogen) atoms. The number of piperidine rings is 1. The van der Waals surface area contributed by atoms with Crippen molar-refractivity contribution in [1.82, 2.24) is 19.7 Å². The van der Waals surface area contributed by atoms with Crippen LogP contribution < -0.4 is 16.2 Å². The van der Waals surface area contributed by atoms with Gasteiger partial charge in [0.1, 0.15) is 12.1 Å². The third kappa shape index (κ3) is 3.64. The maximum Gasteiger partial charge on any atom is 0.132 e. The molecule has 2 saturated heterocycles. The van der Waals surface area contributed by atoms with E-state index in [-0.39, 0.29) is 5.60 Å². The van der Waals surface area contributed by atoms with E-state index in [0.717, 1.165) is 72.8 Å². The third-order valence-electron chi connectivity index (χ3n) is 6.21. The summed E-state index contributed by atoms with van der Waals surface area (Å²) in [4.78, 5) is 11.4. The second kappa shape index (κ2) is 7.70. The summed E-state index contributed by atoms with van der Waals surface area (Å²) in [5.41, 5.74) is 7.97. The van der Waals surface area contributed by atoms with Gasteiger partial charge in [0.15, 0.2) is 0 Å². The van der Waals surface area contributed by atoms with Crippen molar-refractivity contribution in [2.45, 2.75) is 31.3 Å². The number of benzene rings is 1. The SMILES string of the molecule is Cn1cc(-c2ccc(NN)c(Cc3cc(N4CCCC5(CCO5)C4)ncn3)c2)cn1. The highest BCUT2D eigenvalue weighted by Gasteiger charge is 2.42. The van der Waals surface area contributed by atoms with E-state index in [2.05, 4.69) is 37.5 Å². The Morgan fingerprint density at radius 1 is 1.20 bits per heavy atom. The molecule has 1 spiro atoms. The van der Waals surface area contributed by atoms with Crippen LogP contribution in [0.15, 0.2) is 43.0 Å². The molecular formula is C22H27N7O. The van der Waals surface area contributed by atoms with Crippen LogP contribution in [0, 0.1) is 0 Å². The summed E-state index contributed by atoms with van der Waals surface area (Å²) in [6.45, 7) is 2.80. The number of ether oxygens (including phenoxy) is 1. The number of hydrogen-bond acceptors (Lipinski definition) is 7. The molecule has 2 aromatic heterocycles. The zero-order valence-electron chi connectivity index (χ0n) is 17.2. The number of nitrogens with one attached hydrogen (secondary N) is 1. The zero-order valence-corrected chi connectivity index (χ0v) is 17.2. The maximum absolute atomic E-state index is 5.91. The van der Waals surface area contributed by atoms with E-state index in [1.807, 2.05) is 31.6 Å². The average molecular weight is 406 g/mol. The highest BCUT2D eigenvalue weighted by Crippen LogP contribution is 2.36. The fourth-order valence-corrected chi connectivity index (χ4v) is 4.49. The molecule has 0 amide bonds. The first-order valence-corrected chi connectivity index (χ1v) is 10.4. The molecule has 3 N–H and O–H groups in total. The van der Waals surface area contributed by atoms with Crippen molar-refractivity contribution >= 4 is 11.5 Å². The molecule has 4 heterocycles. The van der Waals surface area contributed by atoms with Crippen molar-refractivity contribution in [3.05, 3.63) is 54.2 Å². The summed E-state index contributed by atoms with van der Waals surface area (Å²) in [7, 11) is 1.92. The summed E-state index contributed by atoms with van der Waals surface area (Å²) in [6.07, 6.45) is 9.63. The van der Waals surface area contributed by atoms with E-state index in [1.165, 1.54) is 0 Å². The Kier molecular flexibility index (Phi) is 4.88. The van der Waals surface area contributed by atoms with E-state index < -0.39 is 0 Å². The first-order chi connectivity index (χ1) is 14.6. The maximum atomic E-state index is 5.91. The van der Waals surface area contributed by atoms with Gasteiger partial charge in [-0.1, -0.05) is 6.07 Å². The summed E-state index contributed by atoms with van der Waals surface area (Å²) >= 11 is 0. The minimum Gasteiger partial charge on any atom is -0.373 e. The Morgan fingerprint density at radius 2 is 2.10 bits per heavy atom. The summed E-state index contributed by atoms with van der Waals surface area (Å²) in [5.74, 6) is 6.75. The van der Waals surface area contributed by atoms with E-state index in [1.54, 1.807) is 11.0 Å². The normalized spacial score (nSPS) is 20.9. The van der Waals surface area contributed by atoms with Crippen LogP contribution >= 0.6 is 0 Å². The lowest BCUT2D eigenvalue weighted by molar-refractivity contribution is -0.151. The standard InChI is InChI=1S/C22H27N7O/c1-28-13-18(12-26-28)16-3-4-20(27-23)17(9-16)10-19-11-21(25-15-24-19)29-7-2-5-22(14-29)6-8-30-22/h3-4,9,11-13,15,27H,2,5-8,10,14,23H2,1H3. The Morgan fingerprint density at radius 3 is 2.83 bits per heavy atom. The van der Waals surface area contributed by atoms with Crippen molar-refractivity contribution < 1.29 is 4.74 Å². The van der Waals surface area contributed by atoms with Crippen molar-refractivity contribution in [2.75, 3.05) is 30.0 Å². The average Bonchev–Trinajstić information content (AvgIpc) is 3.19. The predicted octanol–water partition coefficient (Wildman–Crippen LogP) is 2.51. The number of hydrazine groups is 1. The van der Waals surface area contributed by atoms with E-state index in [9.17, 15) is 0 Å². The van der Waals surface area contributed by atoms with Gasteiger partial charge in [-0.25, -0.2) is 9.97 Å². The molecule has 8 nitrogen and oxygen atoms in total. The second-order valence-electron chi connectivity index (χ2n) is 8.27. The monoisotopic (exact) mass is 405 g/mol. The number of nitrogen functional groups attached to an aromatic ring is 1. The number of aryl methyl sites for hydroxylation is 1. The van der Waals surface area contributed by atoms with Crippen LogP contribution in [0.4, 0.5) is 11.5 Å². The van der Waals surface area contributed by atoms with Crippen LogP contribution in [0.3, 0.4) is 0 Å². The highest BCUT2D eigenvalue weighted by molar-refractivity contribution is 5.68. The molecule has 2 fully saturated rings. The Labute approximate surface area is 176 Å². The predicted molar refractivity (Wildman–Crippen MR) is 116 cm³/mol. The largest absolute Gasteiger partial charge is 0.373 e. The molecule has 1 unspecified atom stereocenters. The van der Waals surface area contributed by atoms with Crippen LogP contribution in [-0.2, 0) is 18.2 Å². The number of rotatable bonds is 5. The quantitative estimate of drug-likeness (QED) is 0.497. The molecule has 156 valence electrons. The van der Waals surface area contributed by atoms with Gasteiger partial charge in [-0.2, -0.15) is 5.10 Å². The summed E-state index contributed by atoms with van der Waals surface area (Å²) in [6, 6.07) is 8.29. The molecular weight excluding hydrogens is 378 g/mol. The molecule has 8 heteroatoms. The number of anilines is 2. The third-order valence-corrected chi connectivity index (χ3v) is 6.21. The molecule has 2 aliphatic rings. The van der Waals surface area contributed by atoms with Gasteiger partial charge >= 0.3 is 0 Å². The first kappa shape index (κ1) is 19.0. The lowest BCUT2D eigenvalue weighted by Crippen LogP contribution is -2.56. The Hall–Kier alpha value is -2.97. The second-order valence-corrected chi connectivity index (χ2v) is 8.27. The molecule has 1 aromatic carbocycles. The Balaban J connectivity index is 1.40. The fraction of sp³-hybridized carbons (Fsp3) is 0.409. The van der Waals surface area contributed by atoms with Gasteiger partial charge in [-0.05, 0) is 36.1 Å². The van der Waals surface area contributed by atoms with Crippen LogP contribution in [0.25, 0.3) is 11.1 Å². The number of nitrogens with zero attached hydrogens (tertiary/aromatic N) is 5. The first-order valence-electron chi connectivity index (χ1n) is 10.4. The van der Waals surface area contributed by atoms with Gasteiger partial charge in [0.25, 0.3) is 0 Å². The van der Waals surface area contributed by atoms with Gasteiger partial charge in [0.2, 0.25) is 0 Å². The van der Waals surface area contributed by atoms with Gasteiger partial charge < -0.3 is 15.1 Å². The smallest absolute Gasteiger partial charge is 0.132 e. The fourth-order valence-electron chi connectivity index (χ4n) is 4.49. The van der Waals surface area contributed by atoms with E-state index in [4.69, 9.17) is 10.6 Å². The van der Waals surface area contributed by atoms with Crippen LogP contribution in [-0.4, -0.2) is 45.0 Å². The summed E-state index contributed by atoms with van der Waals surface area (Å²) < 4.78 is 7.71. The molecule has 0 aliphatic carbocycles. The van der Waals surface area contributed by atoms with Crippen molar-refractivity contribution in [1.29, 1.82) is 0 Å². The van der Waals surface area contributed by atoms with Crippen LogP contribution in [0.2, 0.25) is 0 Å². The van der Waals surface area contributed by atoms with Crippen molar-refractivity contribution in [2.24, 2.45) is 12.9 Å². The molecule has 5 rings (SSSR count). The molecule has 1 atom stereocenters. The molecule has 0 bridgehead atoms. The lowest BCUT2D eigenvalue weighted by Gasteiger charge is -2.48. The van der Waals surface area contributed by atoms with Gasteiger partial charge in [-0.15, -0.1) is 0 Å². The molecule has 0 saturated carbocycles. The zero-order chi connectivity index (χ0) is 20.6. The molecule has 3 aromatic rings. The van der Waals surface area contributed by atoms with Crippen molar-refractivity contribution in [3.8, 4) is 11.1 Å². The highest BCUT2D eigenvalue weighted by atomic mass is 16.5. The van der Waals surface area contributed by atoms with Gasteiger partial charge in [0.05, 0.1) is 29.8 Å². The van der Waals surface area contributed by atoms with E-state index >= 15 is 0 Å². The number of aromatic nitrogens is 4. The minimum absolute atomic E-state index is 0.0397. The number of hydrogen-bond donors (Lipinski definition) is 2. The van der Waals surface area contributed by atoms with Gasteiger partial charge in [0, 0.05) is 50.8 Å². The van der Waals surface area contributed by atoms with Gasteiger partial charge in [-0.3, -0.25) is 10.5 Å². The Bertz CT molecular complexity index is 1040. The summed E-state index contributed by atoms with van der Waals surface area (Å²) in [5, 5.41) is 4.28. The van der Waals surface area contributed by atoms with E-state index in [0.29, 0.717) is 6.42 Å². The molecule has 2 aliphatic heterocycles. The molecule has 0 radical (unpaired) electrons. The lowest BCUT2D eigenvalue weighted by atomic mass is 9.86. The van der Waals surface area contributed by atoms with Crippen LogP contribution in [0.1, 0.15) is 30.5 Å². The topological polar surface area (TPSA) is 94.1 Å². The van der Waals surface area contributed by atoms with Crippen LogP contribution in [0.5, 0.6) is 0 Å².